The number of halogens is 1. The van der Waals surface area contributed by atoms with E-state index in [-0.39, 0.29) is 34.7 Å². The van der Waals surface area contributed by atoms with Gasteiger partial charge in [0, 0.05) is 0 Å². The molecule has 11 heteroatoms. The van der Waals surface area contributed by atoms with Crippen LogP contribution < -0.4 is 20.1 Å². The fourth-order valence-electron chi connectivity index (χ4n) is 3.02. The van der Waals surface area contributed by atoms with Crippen LogP contribution in [0.2, 0.25) is 5.02 Å². The summed E-state index contributed by atoms with van der Waals surface area (Å²) in [7, 11) is 2.81. The Morgan fingerprint density at radius 1 is 0.943 bits per heavy atom. The van der Waals surface area contributed by atoms with Crippen molar-refractivity contribution in [2.45, 2.75) is 12.5 Å². The molecular formula is C24H23ClN4O6. The monoisotopic (exact) mass is 498 g/mol. The van der Waals surface area contributed by atoms with E-state index in [4.69, 9.17) is 25.8 Å². The van der Waals surface area contributed by atoms with Gasteiger partial charge in [-0.2, -0.15) is 9.97 Å². The number of esters is 1. The zero-order valence-electron chi connectivity index (χ0n) is 19.0. The Labute approximate surface area is 206 Å². The lowest BCUT2D eigenvalue weighted by Gasteiger charge is -2.19. The Hall–Kier alpha value is -4.18. The van der Waals surface area contributed by atoms with Crippen LogP contribution in [0.25, 0.3) is 0 Å². The third-order valence-corrected chi connectivity index (χ3v) is 5.04. The van der Waals surface area contributed by atoms with Crippen molar-refractivity contribution < 1.29 is 28.6 Å². The van der Waals surface area contributed by atoms with Crippen molar-refractivity contribution in [1.82, 2.24) is 15.3 Å². The summed E-state index contributed by atoms with van der Waals surface area (Å²) in [5.41, 5.74) is 0.961. The number of anilines is 1. The van der Waals surface area contributed by atoms with Crippen LogP contribution in [-0.2, 0) is 14.3 Å². The van der Waals surface area contributed by atoms with E-state index in [9.17, 15) is 14.4 Å². The second kappa shape index (κ2) is 12.3. The van der Waals surface area contributed by atoms with Crippen molar-refractivity contribution in [1.29, 1.82) is 0 Å². The van der Waals surface area contributed by atoms with Crippen LogP contribution in [0.15, 0.2) is 60.7 Å². The fraction of sp³-hybridized carbons (Fsp3) is 0.208. The van der Waals surface area contributed by atoms with Gasteiger partial charge in [0.25, 0.3) is 11.8 Å². The van der Waals surface area contributed by atoms with E-state index in [1.165, 1.54) is 20.3 Å². The summed E-state index contributed by atoms with van der Waals surface area (Å²) in [6.45, 7) is -0.582. The third-order valence-electron chi connectivity index (χ3n) is 4.71. The summed E-state index contributed by atoms with van der Waals surface area (Å²) in [5, 5.41) is 5.50. The Morgan fingerprint density at radius 3 is 2.20 bits per heavy atom. The molecule has 1 unspecified atom stereocenters. The first-order valence-corrected chi connectivity index (χ1v) is 10.8. The maximum absolute atomic E-state index is 12.8. The minimum Gasteiger partial charge on any atom is -0.481 e. The lowest BCUT2D eigenvalue weighted by molar-refractivity contribution is -0.147. The molecular weight excluding hydrogens is 476 g/mol. The van der Waals surface area contributed by atoms with Crippen LogP contribution >= 0.6 is 11.6 Å². The number of rotatable bonds is 10. The lowest BCUT2D eigenvalue weighted by Crippen LogP contribution is -2.31. The van der Waals surface area contributed by atoms with Gasteiger partial charge in [-0.3, -0.25) is 19.7 Å². The van der Waals surface area contributed by atoms with E-state index >= 15 is 0 Å². The quantitative estimate of drug-likeness (QED) is 0.408. The van der Waals surface area contributed by atoms with Crippen LogP contribution in [0.1, 0.15) is 28.4 Å². The molecule has 1 aromatic heterocycles. The number of aromatic nitrogens is 2. The highest BCUT2D eigenvalue weighted by molar-refractivity contribution is 6.33. The van der Waals surface area contributed by atoms with Gasteiger partial charge in [0.05, 0.1) is 43.3 Å². The lowest BCUT2D eigenvalue weighted by atomic mass is 10.0. The number of nitrogens with zero attached hydrogens (tertiary/aromatic N) is 2. The van der Waals surface area contributed by atoms with Gasteiger partial charge in [0.1, 0.15) is 0 Å². The van der Waals surface area contributed by atoms with Crippen LogP contribution in [0.5, 0.6) is 11.8 Å². The molecule has 35 heavy (non-hydrogen) atoms. The molecule has 0 fully saturated rings. The number of hydrogen-bond acceptors (Lipinski definition) is 8. The molecule has 2 amide bonds. The van der Waals surface area contributed by atoms with E-state index in [0.717, 1.165) is 0 Å². The fourth-order valence-corrected chi connectivity index (χ4v) is 3.24. The van der Waals surface area contributed by atoms with E-state index in [1.807, 2.05) is 6.07 Å². The van der Waals surface area contributed by atoms with E-state index in [0.29, 0.717) is 5.56 Å². The van der Waals surface area contributed by atoms with Gasteiger partial charge in [0.15, 0.2) is 6.61 Å². The molecule has 3 rings (SSSR count). The second-order valence-corrected chi connectivity index (χ2v) is 7.51. The maximum atomic E-state index is 12.8. The SMILES string of the molecule is COc1cc(OC)nc(NC(=O)COC(=O)CC(NC(=O)c2ccccc2Cl)c2ccccc2)n1. The topological polar surface area (TPSA) is 129 Å². The van der Waals surface area contributed by atoms with Gasteiger partial charge in [0.2, 0.25) is 17.7 Å². The molecule has 10 nitrogen and oxygen atoms in total. The molecule has 182 valence electrons. The van der Waals surface area contributed by atoms with Crippen LogP contribution in [0, 0.1) is 0 Å². The summed E-state index contributed by atoms with van der Waals surface area (Å²) in [6, 6.07) is 16.2. The smallest absolute Gasteiger partial charge is 0.308 e. The molecule has 0 saturated carbocycles. The molecule has 3 aromatic rings. The molecule has 0 bridgehead atoms. The number of amides is 2. The average Bonchev–Trinajstić information content (AvgIpc) is 2.87. The van der Waals surface area contributed by atoms with Gasteiger partial charge in [-0.1, -0.05) is 54.1 Å². The predicted molar refractivity (Wildman–Crippen MR) is 127 cm³/mol. The highest BCUT2D eigenvalue weighted by Gasteiger charge is 2.22. The molecule has 0 saturated heterocycles. The average molecular weight is 499 g/mol. The predicted octanol–water partition coefficient (Wildman–Crippen LogP) is 3.19. The van der Waals surface area contributed by atoms with Crippen LogP contribution in [-0.4, -0.2) is 48.6 Å². The molecule has 0 radical (unpaired) electrons. The minimum absolute atomic E-state index is 0.0728. The van der Waals surface area contributed by atoms with Gasteiger partial charge < -0.3 is 19.5 Å². The minimum atomic E-state index is -0.707. The first kappa shape index (κ1) is 25.4. The molecule has 2 aromatic carbocycles. The summed E-state index contributed by atoms with van der Waals surface area (Å²) in [6.07, 6.45) is -0.211. The van der Waals surface area contributed by atoms with Gasteiger partial charge in [-0.05, 0) is 17.7 Å². The number of methoxy groups -OCH3 is 2. The van der Waals surface area contributed by atoms with Crippen molar-refractivity contribution in [2.24, 2.45) is 0 Å². The summed E-state index contributed by atoms with van der Waals surface area (Å²) >= 11 is 6.12. The van der Waals surface area contributed by atoms with Crippen molar-refractivity contribution in [3.05, 3.63) is 76.8 Å². The third kappa shape index (κ3) is 7.41. The molecule has 1 heterocycles. The van der Waals surface area contributed by atoms with Gasteiger partial charge in [-0.25, -0.2) is 0 Å². The number of hydrogen-bond donors (Lipinski definition) is 2. The largest absolute Gasteiger partial charge is 0.481 e. The molecule has 0 aliphatic heterocycles. The van der Waals surface area contributed by atoms with Crippen LogP contribution in [0.3, 0.4) is 0 Å². The Morgan fingerprint density at radius 2 is 1.57 bits per heavy atom. The number of carbonyl (C=O) groups is 3. The molecule has 2 N–H and O–H groups in total. The van der Waals surface area contributed by atoms with Crippen LogP contribution in [0.4, 0.5) is 5.95 Å². The Balaban J connectivity index is 1.62. The molecule has 0 aliphatic rings. The molecule has 0 spiro atoms. The van der Waals surface area contributed by atoms with Crippen molar-refractivity contribution in [3.8, 4) is 11.8 Å². The Kier molecular flexibility index (Phi) is 8.96. The number of nitrogens with one attached hydrogen (secondary N) is 2. The maximum Gasteiger partial charge on any atom is 0.308 e. The highest BCUT2D eigenvalue weighted by atomic mass is 35.5. The first-order valence-electron chi connectivity index (χ1n) is 10.4. The second-order valence-electron chi connectivity index (χ2n) is 7.11. The zero-order valence-corrected chi connectivity index (χ0v) is 19.7. The first-order chi connectivity index (χ1) is 16.9. The summed E-state index contributed by atoms with van der Waals surface area (Å²) in [5.74, 6) is -1.51. The standard InChI is InChI=1S/C24H23ClN4O6/c1-33-20-13-21(34-2)29-24(28-20)27-19(30)14-35-22(31)12-18(15-8-4-3-5-9-15)26-23(32)16-10-6-7-11-17(16)25/h3-11,13,18H,12,14H2,1-2H3,(H,26,32)(H,27,28,29,30). The highest BCUT2D eigenvalue weighted by Crippen LogP contribution is 2.21. The van der Waals surface area contributed by atoms with Crippen molar-refractivity contribution >= 4 is 35.3 Å². The van der Waals surface area contributed by atoms with Gasteiger partial charge in [-0.15, -0.1) is 0 Å². The summed E-state index contributed by atoms with van der Waals surface area (Å²) < 4.78 is 15.2. The molecule has 0 aliphatic carbocycles. The normalized spacial score (nSPS) is 11.2. The number of ether oxygens (including phenoxy) is 3. The number of benzene rings is 2. The van der Waals surface area contributed by atoms with Crippen molar-refractivity contribution in [2.75, 3.05) is 26.1 Å². The van der Waals surface area contributed by atoms with E-state index in [1.54, 1.807) is 48.5 Å². The Bertz CT molecular complexity index is 1170. The van der Waals surface area contributed by atoms with Gasteiger partial charge >= 0.3 is 5.97 Å². The van der Waals surface area contributed by atoms with Crippen molar-refractivity contribution in [3.63, 3.8) is 0 Å². The zero-order chi connectivity index (χ0) is 25.2. The van der Waals surface area contributed by atoms with E-state index < -0.39 is 30.4 Å². The molecule has 1 atom stereocenters. The van der Waals surface area contributed by atoms with E-state index in [2.05, 4.69) is 20.6 Å². The number of carbonyl (C=O) groups excluding carboxylic acids is 3. The summed E-state index contributed by atoms with van der Waals surface area (Å²) in [4.78, 5) is 45.5.